The maximum atomic E-state index is 12.8. The van der Waals surface area contributed by atoms with E-state index in [2.05, 4.69) is 5.32 Å². The molecule has 0 atom stereocenters. The Hall–Kier alpha value is -3.22. The number of nitrogens with zero attached hydrogens (tertiary/aromatic N) is 1. The third-order valence-corrected chi connectivity index (χ3v) is 5.63. The van der Waals surface area contributed by atoms with Crippen LogP contribution in [0, 0.1) is 0 Å². The van der Waals surface area contributed by atoms with Gasteiger partial charge in [-0.25, -0.2) is 0 Å². The van der Waals surface area contributed by atoms with E-state index in [-0.39, 0.29) is 11.8 Å². The van der Waals surface area contributed by atoms with Gasteiger partial charge in [0.1, 0.15) is 22.8 Å². The summed E-state index contributed by atoms with van der Waals surface area (Å²) in [7, 11) is 3.18. The molecule has 0 saturated carbocycles. The molecule has 2 amide bonds. The van der Waals surface area contributed by atoms with Crippen molar-refractivity contribution in [3.63, 3.8) is 0 Å². The molecule has 1 fully saturated rings. The first kappa shape index (κ1) is 19.1. The van der Waals surface area contributed by atoms with Crippen molar-refractivity contribution >= 4 is 11.8 Å². The number of hydrogen-bond acceptors (Lipinski definition) is 5. The number of piperidine rings is 1. The number of hydrogen-bond donors (Lipinski definition) is 1. The lowest BCUT2D eigenvalue weighted by molar-refractivity contribution is 0.00762. The number of nitrogens with one attached hydrogen (secondary N) is 1. The Morgan fingerprint density at radius 1 is 1.03 bits per heavy atom. The standard InChI is InChI=1S/C22H24N2O5/c1-27-16-5-3-15(4-6-16)21(26)24-11-9-22(10-12-24)14-23-20(25)18-8-7-17(28-2)13-19(18)29-22/h3-8,13H,9-12,14H2,1-2H3,(H,23,25). The predicted octanol–water partition coefficient (Wildman–Crippen LogP) is 2.50. The summed E-state index contributed by atoms with van der Waals surface area (Å²) in [6.45, 7) is 1.52. The molecule has 2 aliphatic heterocycles. The van der Waals surface area contributed by atoms with Gasteiger partial charge in [0.05, 0.1) is 26.3 Å². The van der Waals surface area contributed by atoms with E-state index >= 15 is 0 Å². The second-order valence-electron chi connectivity index (χ2n) is 7.35. The average Bonchev–Trinajstić information content (AvgIpc) is 2.90. The summed E-state index contributed by atoms with van der Waals surface area (Å²) >= 11 is 0. The summed E-state index contributed by atoms with van der Waals surface area (Å²) in [5, 5.41) is 2.97. The number of carbonyl (C=O) groups is 2. The van der Waals surface area contributed by atoms with Crippen LogP contribution < -0.4 is 19.5 Å². The molecule has 152 valence electrons. The van der Waals surface area contributed by atoms with Crippen molar-refractivity contribution in [1.29, 1.82) is 0 Å². The minimum atomic E-state index is -0.538. The molecule has 2 aromatic rings. The topological polar surface area (TPSA) is 77.1 Å². The molecule has 0 aromatic heterocycles. The molecule has 7 nitrogen and oxygen atoms in total. The van der Waals surface area contributed by atoms with E-state index in [9.17, 15) is 9.59 Å². The van der Waals surface area contributed by atoms with E-state index < -0.39 is 5.60 Å². The molecule has 4 rings (SSSR count). The van der Waals surface area contributed by atoms with Crippen molar-refractivity contribution in [1.82, 2.24) is 10.2 Å². The molecule has 0 unspecified atom stereocenters. The minimum absolute atomic E-state index is 0.0118. The van der Waals surface area contributed by atoms with Crippen LogP contribution in [0.4, 0.5) is 0 Å². The van der Waals surface area contributed by atoms with Gasteiger partial charge in [-0.05, 0) is 36.4 Å². The van der Waals surface area contributed by atoms with E-state index in [1.807, 2.05) is 4.90 Å². The van der Waals surface area contributed by atoms with Gasteiger partial charge in [-0.3, -0.25) is 9.59 Å². The van der Waals surface area contributed by atoms with Gasteiger partial charge in [0, 0.05) is 37.6 Å². The average molecular weight is 396 g/mol. The SMILES string of the molecule is COc1ccc(C(=O)N2CCC3(CC2)CNC(=O)c2ccc(OC)cc2O3)cc1. The summed E-state index contributed by atoms with van der Waals surface area (Å²) in [5.74, 6) is 1.71. The highest BCUT2D eigenvalue weighted by Crippen LogP contribution is 2.35. The summed E-state index contributed by atoms with van der Waals surface area (Å²) in [6.07, 6.45) is 1.26. The van der Waals surface area contributed by atoms with Gasteiger partial charge in [0.15, 0.2) is 0 Å². The van der Waals surface area contributed by atoms with Crippen molar-refractivity contribution in [3.05, 3.63) is 53.6 Å². The number of carbonyl (C=O) groups excluding carboxylic acids is 2. The summed E-state index contributed by atoms with van der Waals surface area (Å²) in [4.78, 5) is 27.1. The molecule has 0 aliphatic carbocycles. The Balaban J connectivity index is 1.48. The van der Waals surface area contributed by atoms with Crippen LogP contribution in [-0.2, 0) is 0 Å². The number of rotatable bonds is 3. The highest BCUT2D eigenvalue weighted by Gasteiger charge is 2.41. The molecular formula is C22H24N2O5. The van der Waals surface area contributed by atoms with Gasteiger partial charge in [-0.15, -0.1) is 0 Å². The molecule has 2 heterocycles. The van der Waals surface area contributed by atoms with E-state index in [4.69, 9.17) is 14.2 Å². The van der Waals surface area contributed by atoms with Crippen LogP contribution in [0.3, 0.4) is 0 Å². The fourth-order valence-electron chi connectivity index (χ4n) is 3.82. The van der Waals surface area contributed by atoms with Gasteiger partial charge in [0.2, 0.25) is 0 Å². The fourth-order valence-corrected chi connectivity index (χ4v) is 3.82. The number of methoxy groups -OCH3 is 2. The maximum absolute atomic E-state index is 12.8. The van der Waals surface area contributed by atoms with Crippen LogP contribution in [0.2, 0.25) is 0 Å². The zero-order valence-corrected chi connectivity index (χ0v) is 16.6. The van der Waals surface area contributed by atoms with Gasteiger partial charge in [-0.2, -0.15) is 0 Å². The lowest BCUT2D eigenvalue weighted by atomic mass is 9.90. The first-order chi connectivity index (χ1) is 14.0. The van der Waals surface area contributed by atoms with Gasteiger partial charge < -0.3 is 24.4 Å². The van der Waals surface area contributed by atoms with Crippen LogP contribution in [0.1, 0.15) is 33.6 Å². The lowest BCUT2D eigenvalue weighted by Gasteiger charge is -2.41. The zero-order valence-electron chi connectivity index (χ0n) is 16.6. The van der Waals surface area contributed by atoms with Crippen molar-refractivity contribution < 1.29 is 23.8 Å². The van der Waals surface area contributed by atoms with Crippen LogP contribution in [-0.4, -0.2) is 56.2 Å². The highest BCUT2D eigenvalue weighted by atomic mass is 16.5. The molecule has 1 saturated heterocycles. The number of fused-ring (bicyclic) bond motifs is 1. The molecular weight excluding hydrogens is 372 g/mol. The molecule has 29 heavy (non-hydrogen) atoms. The first-order valence-corrected chi connectivity index (χ1v) is 9.62. The summed E-state index contributed by atoms with van der Waals surface area (Å²) in [5.41, 5.74) is 0.593. The number of amides is 2. The van der Waals surface area contributed by atoms with Crippen LogP contribution in [0.5, 0.6) is 17.2 Å². The Kier molecular flexibility index (Phi) is 5.05. The number of benzene rings is 2. The smallest absolute Gasteiger partial charge is 0.255 e. The maximum Gasteiger partial charge on any atom is 0.255 e. The minimum Gasteiger partial charge on any atom is -0.497 e. The molecule has 2 aromatic carbocycles. The van der Waals surface area contributed by atoms with E-state index in [1.54, 1.807) is 56.7 Å². The normalized spacial score (nSPS) is 17.6. The Bertz CT molecular complexity index is 917. The van der Waals surface area contributed by atoms with E-state index in [1.165, 1.54) is 0 Å². The lowest BCUT2D eigenvalue weighted by Crippen LogP contribution is -2.54. The quantitative estimate of drug-likeness (QED) is 0.863. The summed E-state index contributed by atoms with van der Waals surface area (Å²) in [6, 6.07) is 12.3. The largest absolute Gasteiger partial charge is 0.497 e. The monoisotopic (exact) mass is 396 g/mol. The molecule has 0 bridgehead atoms. The van der Waals surface area contributed by atoms with E-state index in [0.29, 0.717) is 55.1 Å². The van der Waals surface area contributed by atoms with Crippen LogP contribution >= 0.6 is 0 Å². The van der Waals surface area contributed by atoms with E-state index in [0.717, 1.165) is 5.75 Å². The van der Waals surface area contributed by atoms with Crippen molar-refractivity contribution in [2.45, 2.75) is 18.4 Å². The Morgan fingerprint density at radius 3 is 2.34 bits per heavy atom. The second kappa shape index (κ2) is 7.66. The zero-order chi connectivity index (χ0) is 20.4. The third-order valence-electron chi connectivity index (χ3n) is 5.63. The fraction of sp³-hybridized carbons (Fsp3) is 0.364. The highest BCUT2D eigenvalue weighted by molar-refractivity contribution is 5.97. The molecule has 1 spiro atoms. The molecule has 7 heteroatoms. The van der Waals surface area contributed by atoms with Crippen molar-refractivity contribution in [3.8, 4) is 17.2 Å². The molecule has 2 aliphatic rings. The molecule has 0 radical (unpaired) electrons. The number of likely N-dealkylation sites (tertiary alicyclic amines) is 1. The predicted molar refractivity (Wildman–Crippen MR) is 107 cm³/mol. The van der Waals surface area contributed by atoms with Gasteiger partial charge >= 0.3 is 0 Å². The number of ether oxygens (including phenoxy) is 3. The van der Waals surface area contributed by atoms with Gasteiger partial charge in [0.25, 0.3) is 11.8 Å². The Morgan fingerprint density at radius 2 is 1.69 bits per heavy atom. The van der Waals surface area contributed by atoms with Crippen LogP contribution in [0.15, 0.2) is 42.5 Å². The summed E-state index contributed by atoms with van der Waals surface area (Å²) < 4.78 is 16.8. The second-order valence-corrected chi connectivity index (χ2v) is 7.35. The third kappa shape index (κ3) is 3.72. The van der Waals surface area contributed by atoms with Crippen molar-refractivity contribution in [2.24, 2.45) is 0 Å². The van der Waals surface area contributed by atoms with Gasteiger partial charge in [-0.1, -0.05) is 0 Å². The molecule has 1 N–H and O–H groups in total. The first-order valence-electron chi connectivity index (χ1n) is 9.62. The van der Waals surface area contributed by atoms with Crippen molar-refractivity contribution in [2.75, 3.05) is 33.9 Å². The van der Waals surface area contributed by atoms with Crippen LogP contribution in [0.25, 0.3) is 0 Å². The Labute approximate surface area is 169 Å².